The Morgan fingerprint density at radius 1 is 1.38 bits per heavy atom. The van der Waals surface area contributed by atoms with Crippen LogP contribution in [0.25, 0.3) is 0 Å². The highest BCUT2D eigenvalue weighted by Gasteiger charge is 2.22. The lowest BCUT2D eigenvalue weighted by Crippen LogP contribution is -2.13. The van der Waals surface area contributed by atoms with Gasteiger partial charge in [0, 0.05) is 6.04 Å². The average Bonchev–Trinajstić information content (AvgIpc) is 2.74. The molecule has 1 N–H and O–H groups in total. The van der Waals surface area contributed by atoms with Gasteiger partial charge in [-0.25, -0.2) is 13.2 Å². The summed E-state index contributed by atoms with van der Waals surface area (Å²) in [4.78, 5) is 0. The molecule has 0 radical (unpaired) electrons. The normalized spacial score (nSPS) is 20.7. The largest absolute Gasteiger partial charge is 0.310 e. The number of hydrogen-bond acceptors (Lipinski definition) is 1. The molecule has 0 aromatic heterocycles. The first-order valence-electron chi connectivity index (χ1n) is 5.10. The summed E-state index contributed by atoms with van der Waals surface area (Å²) in [5.41, 5.74) is 0.0235. The molecule has 0 unspecified atom stereocenters. The van der Waals surface area contributed by atoms with Gasteiger partial charge in [-0.15, -0.1) is 0 Å². The van der Waals surface area contributed by atoms with E-state index in [1.54, 1.807) is 0 Å². The lowest BCUT2D eigenvalue weighted by Gasteiger charge is -2.13. The van der Waals surface area contributed by atoms with Crippen LogP contribution < -0.4 is 5.32 Å². The Labute approximate surface area is 96.6 Å². The summed E-state index contributed by atoms with van der Waals surface area (Å²) in [5.74, 6) is -1.02. The van der Waals surface area contributed by atoms with Crippen molar-refractivity contribution in [2.24, 2.45) is 0 Å². The minimum absolute atomic E-state index is 0.00981. The molecule has 1 fully saturated rings. The standard InChI is InChI=1S/C11H11ClF3N/c12-8-5-6(9-2-1-3-16-9)4-7(10(8)13)11(14)15/h4-5,9,11,16H,1-3H2/t9-/m1/s1. The van der Waals surface area contributed by atoms with Crippen LogP contribution in [0.15, 0.2) is 12.1 Å². The van der Waals surface area contributed by atoms with Crippen molar-refractivity contribution in [3.63, 3.8) is 0 Å². The smallest absolute Gasteiger partial charge is 0.266 e. The van der Waals surface area contributed by atoms with Gasteiger partial charge in [0.1, 0.15) is 0 Å². The molecule has 1 atom stereocenters. The second kappa shape index (κ2) is 4.63. The lowest BCUT2D eigenvalue weighted by atomic mass is 10.0. The van der Waals surface area contributed by atoms with Gasteiger partial charge in [-0.05, 0) is 37.1 Å². The van der Waals surface area contributed by atoms with Gasteiger partial charge in [-0.1, -0.05) is 11.6 Å². The minimum Gasteiger partial charge on any atom is -0.310 e. The van der Waals surface area contributed by atoms with Gasteiger partial charge in [-0.2, -0.15) is 0 Å². The van der Waals surface area contributed by atoms with Gasteiger partial charge in [-0.3, -0.25) is 0 Å². The van der Waals surface area contributed by atoms with Crippen molar-refractivity contribution in [3.8, 4) is 0 Å². The summed E-state index contributed by atoms with van der Waals surface area (Å²) in [7, 11) is 0. The number of alkyl halides is 2. The molecule has 0 amide bonds. The topological polar surface area (TPSA) is 12.0 Å². The first-order chi connectivity index (χ1) is 7.59. The Bertz CT molecular complexity index is 389. The van der Waals surface area contributed by atoms with Crippen LogP contribution in [0.4, 0.5) is 13.2 Å². The van der Waals surface area contributed by atoms with Gasteiger partial charge in [0.05, 0.1) is 10.6 Å². The van der Waals surface area contributed by atoms with Gasteiger partial charge >= 0.3 is 0 Å². The highest BCUT2D eigenvalue weighted by atomic mass is 35.5. The van der Waals surface area contributed by atoms with Crippen molar-refractivity contribution in [1.29, 1.82) is 0 Å². The third-order valence-electron chi connectivity index (χ3n) is 2.78. The number of rotatable bonds is 2. The quantitative estimate of drug-likeness (QED) is 0.840. The molecule has 5 heteroatoms. The van der Waals surface area contributed by atoms with E-state index in [2.05, 4.69) is 5.32 Å². The van der Waals surface area contributed by atoms with E-state index < -0.39 is 17.8 Å². The third-order valence-corrected chi connectivity index (χ3v) is 3.05. The first kappa shape index (κ1) is 11.7. The molecule has 1 heterocycles. The van der Waals surface area contributed by atoms with Crippen molar-refractivity contribution < 1.29 is 13.2 Å². The SMILES string of the molecule is Fc1c(Cl)cc([C@H]2CCCN2)cc1C(F)F. The van der Waals surface area contributed by atoms with Crippen LogP contribution in [0.1, 0.15) is 36.4 Å². The number of nitrogens with one attached hydrogen (secondary N) is 1. The summed E-state index contributed by atoms with van der Waals surface area (Å²) >= 11 is 5.61. The Balaban J connectivity index is 2.39. The van der Waals surface area contributed by atoms with Gasteiger partial charge in [0.15, 0.2) is 5.82 Å². The van der Waals surface area contributed by atoms with Crippen LogP contribution in [-0.4, -0.2) is 6.54 Å². The zero-order valence-electron chi connectivity index (χ0n) is 8.44. The highest BCUT2D eigenvalue weighted by molar-refractivity contribution is 6.30. The monoisotopic (exact) mass is 249 g/mol. The van der Waals surface area contributed by atoms with Crippen LogP contribution in [0.5, 0.6) is 0 Å². The van der Waals surface area contributed by atoms with E-state index in [0.717, 1.165) is 19.4 Å². The van der Waals surface area contributed by atoms with E-state index in [1.165, 1.54) is 12.1 Å². The Morgan fingerprint density at radius 3 is 2.69 bits per heavy atom. The average molecular weight is 250 g/mol. The maximum atomic E-state index is 13.3. The predicted octanol–water partition coefficient (Wildman–Crippen LogP) is 3.84. The Morgan fingerprint density at radius 2 is 2.12 bits per heavy atom. The molecular formula is C11H11ClF3N. The summed E-state index contributed by atoms with van der Waals surface area (Å²) < 4.78 is 38.4. The molecule has 1 saturated heterocycles. The van der Waals surface area contributed by atoms with Crippen molar-refractivity contribution in [2.45, 2.75) is 25.3 Å². The fourth-order valence-electron chi connectivity index (χ4n) is 1.96. The first-order valence-corrected chi connectivity index (χ1v) is 5.47. The number of benzene rings is 1. The molecule has 1 nitrogen and oxygen atoms in total. The van der Waals surface area contributed by atoms with Crippen molar-refractivity contribution in [1.82, 2.24) is 5.32 Å². The van der Waals surface area contributed by atoms with Crippen LogP contribution >= 0.6 is 11.6 Å². The maximum absolute atomic E-state index is 13.3. The molecule has 0 aliphatic carbocycles. The predicted molar refractivity (Wildman–Crippen MR) is 56.3 cm³/mol. The van der Waals surface area contributed by atoms with Crippen LogP contribution in [0.3, 0.4) is 0 Å². The Hall–Kier alpha value is -0.740. The molecular weight excluding hydrogens is 239 g/mol. The summed E-state index contributed by atoms with van der Waals surface area (Å²) in [6, 6.07) is 2.64. The highest BCUT2D eigenvalue weighted by Crippen LogP contribution is 2.32. The zero-order chi connectivity index (χ0) is 11.7. The molecule has 0 spiro atoms. The fourth-order valence-corrected chi connectivity index (χ4v) is 2.20. The molecule has 1 aromatic rings. The van der Waals surface area contributed by atoms with Crippen molar-refractivity contribution in [2.75, 3.05) is 6.54 Å². The van der Waals surface area contributed by atoms with Crippen LogP contribution in [0, 0.1) is 5.82 Å². The third kappa shape index (κ3) is 2.18. The second-order valence-electron chi connectivity index (χ2n) is 3.86. The summed E-state index contributed by atoms with van der Waals surface area (Å²) in [5, 5.41) is 2.92. The van der Waals surface area contributed by atoms with Crippen LogP contribution in [-0.2, 0) is 0 Å². The molecule has 16 heavy (non-hydrogen) atoms. The van der Waals surface area contributed by atoms with E-state index in [9.17, 15) is 13.2 Å². The van der Waals surface area contributed by atoms with E-state index in [4.69, 9.17) is 11.6 Å². The molecule has 0 saturated carbocycles. The van der Waals surface area contributed by atoms with E-state index >= 15 is 0 Å². The summed E-state index contributed by atoms with van der Waals surface area (Å²) in [6.45, 7) is 0.851. The molecule has 1 aliphatic rings. The molecule has 0 bridgehead atoms. The zero-order valence-corrected chi connectivity index (χ0v) is 9.20. The van der Waals surface area contributed by atoms with Crippen LogP contribution in [0.2, 0.25) is 5.02 Å². The minimum atomic E-state index is -2.83. The number of halogens is 4. The van der Waals surface area contributed by atoms with Crippen molar-refractivity contribution >= 4 is 11.6 Å². The second-order valence-corrected chi connectivity index (χ2v) is 4.26. The van der Waals surface area contributed by atoms with Crippen molar-refractivity contribution in [3.05, 3.63) is 34.1 Å². The van der Waals surface area contributed by atoms with Gasteiger partial charge in [0.2, 0.25) is 0 Å². The maximum Gasteiger partial charge on any atom is 0.266 e. The van der Waals surface area contributed by atoms with E-state index in [1.807, 2.05) is 0 Å². The fraction of sp³-hybridized carbons (Fsp3) is 0.455. The van der Waals surface area contributed by atoms with E-state index in [0.29, 0.717) is 5.56 Å². The molecule has 2 rings (SSSR count). The molecule has 88 valence electrons. The van der Waals surface area contributed by atoms with Gasteiger partial charge < -0.3 is 5.32 Å². The van der Waals surface area contributed by atoms with E-state index in [-0.39, 0.29) is 11.1 Å². The molecule has 1 aromatic carbocycles. The number of hydrogen-bond donors (Lipinski definition) is 1. The van der Waals surface area contributed by atoms with Gasteiger partial charge in [0.25, 0.3) is 6.43 Å². The molecule has 1 aliphatic heterocycles. The summed E-state index contributed by atoms with van der Waals surface area (Å²) in [6.07, 6.45) is -0.979. The Kier molecular flexibility index (Phi) is 3.40. The lowest BCUT2D eigenvalue weighted by molar-refractivity contribution is 0.146.